The van der Waals surface area contributed by atoms with Crippen LogP contribution >= 0.6 is 0 Å². The molecular weight excluding hydrogens is 282 g/mol. The van der Waals surface area contributed by atoms with Gasteiger partial charge in [-0.15, -0.1) is 0 Å². The molecule has 3 N–H and O–H groups in total. The maximum atomic E-state index is 11.2. The standard InChI is InChI=1S/C12H19N3O4S/c1-9(16)15-6-4-10(5-7-15)14-8-11-2-3-12(19-11)20(13,17)18/h2-3,10,14H,4-8H2,1H3,(H2,13,17,18). The zero-order valence-electron chi connectivity index (χ0n) is 11.3. The molecule has 1 fully saturated rings. The number of carbonyl (C=O) groups is 1. The maximum absolute atomic E-state index is 11.2. The van der Waals surface area contributed by atoms with Gasteiger partial charge in [0.1, 0.15) is 5.76 Å². The Morgan fingerprint density at radius 2 is 2.10 bits per heavy atom. The largest absolute Gasteiger partial charge is 0.447 e. The molecule has 8 heteroatoms. The van der Waals surface area contributed by atoms with Crippen LogP contribution in [0, 0.1) is 0 Å². The topological polar surface area (TPSA) is 106 Å². The average molecular weight is 301 g/mol. The van der Waals surface area contributed by atoms with Gasteiger partial charge in [0.2, 0.25) is 11.0 Å². The first kappa shape index (κ1) is 15.0. The predicted molar refractivity (Wildman–Crippen MR) is 72.2 cm³/mol. The number of hydrogen-bond donors (Lipinski definition) is 2. The zero-order chi connectivity index (χ0) is 14.8. The van der Waals surface area contributed by atoms with Crippen LogP contribution in [0.3, 0.4) is 0 Å². The van der Waals surface area contributed by atoms with Crippen molar-refractivity contribution >= 4 is 15.9 Å². The quantitative estimate of drug-likeness (QED) is 0.816. The lowest BCUT2D eigenvalue weighted by Gasteiger charge is -2.31. The number of primary sulfonamides is 1. The van der Waals surface area contributed by atoms with E-state index in [0.717, 1.165) is 25.9 Å². The van der Waals surface area contributed by atoms with Crippen LogP contribution in [0.5, 0.6) is 0 Å². The number of nitrogens with one attached hydrogen (secondary N) is 1. The monoisotopic (exact) mass is 301 g/mol. The van der Waals surface area contributed by atoms with Gasteiger partial charge in [0.25, 0.3) is 10.0 Å². The summed E-state index contributed by atoms with van der Waals surface area (Å²) >= 11 is 0. The summed E-state index contributed by atoms with van der Waals surface area (Å²) in [6, 6.07) is 3.25. The minimum atomic E-state index is -3.78. The van der Waals surface area contributed by atoms with Crippen LogP contribution in [0.4, 0.5) is 0 Å². The number of hydrogen-bond acceptors (Lipinski definition) is 5. The van der Waals surface area contributed by atoms with Crippen LogP contribution in [-0.4, -0.2) is 38.4 Å². The Labute approximate surface area is 118 Å². The van der Waals surface area contributed by atoms with Gasteiger partial charge >= 0.3 is 0 Å². The first-order valence-electron chi connectivity index (χ1n) is 6.46. The maximum Gasteiger partial charge on any atom is 0.271 e. The molecule has 7 nitrogen and oxygen atoms in total. The summed E-state index contributed by atoms with van der Waals surface area (Å²) in [6.45, 7) is 3.51. The molecule has 2 heterocycles. The van der Waals surface area contributed by atoms with E-state index in [2.05, 4.69) is 5.32 Å². The number of sulfonamides is 1. The highest BCUT2D eigenvalue weighted by Gasteiger charge is 2.20. The number of nitrogens with zero attached hydrogens (tertiary/aromatic N) is 1. The third kappa shape index (κ3) is 3.81. The van der Waals surface area contributed by atoms with E-state index in [1.54, 1.807) is 13.0 Å². The molecule has 0 saturated carbocycles. The fourth-order valence-corrected chi connectivity index (χ4v) is 2.73. The Morgan fingerprint density at radius 3 is 2.60 bits per heavy atom. The van der Waals surface area contributed by atoms with Crippen molar-refractivity contribution in [3.05, 3.63) is 17.9 Å². The second-order valence-electron chi connectivity index (χ2n) is 4.93. The van der Waals surface area contributed by atoms with Gasteiger partial charge < -0.3 is 14.6 Å². The molecule has 0 atom stereocenters. The smallest absolute Gasteiger partial charge is 0.271 e. The lowest BCUT2D eigenvalue weighted by Crippen LogP contribution is -2.43. The molecule has 0 aromatic carbocycles. The van der Waals surface area contributed by atoms with Crippen molar-refractivity contribution in [1.29, 1.82) is 0 Å². The van der Waals surface area contributed by atoms with Crippen molar-refractivity contribution in [1.82, 2.24) is 10.2 Å². The number of piperidine rings is 1. The van der Waals surface area contributed by atoms with Gasteiger partial charge in [0, 0.05) is 26.1 Å². The van der Waals surface area contributed by atoms with Crippen molar-refractivity contribution in [2.45, 2.75) is 37.4 Å². The first-order valence-corrected chi connectivity index (χ1v) is 8.01. The van der Waals surface area contributed by atoms with E-state index in [4.69, 9.17) is 9.56 Å². The highest BCUT2D eigenvalue weighted by Crippen LogP contribution is 2.14. The van der Waals surface area contributed by atoms with Gasteiger partial charge in [-0.05, 0) is 25.0 Å². The normalized spacial score (nSPS) is 17.4. The van der Waals surface area contributed by atoms with Crippen molar-refractivity contribution in [2.75, 3.05) is 13.1 Å². The minimum absolute atomic E-state index is 0.104. The van der Waals surface area contributed by atoms with Crippen molar-refractivity contribution in [3.63, 3.8) is 0 Å². The van der Waals surface area contributed by atoms with E-state index in [-0.39, 0.29) is 11.0 Å². The molecule has 1 aromatic heterocycles. The molecule has 20 heavy (non-hydrogen) atoms. The summed E-state index contributed by atoms with van der Waals surface area (Å²) in [4.78, 5) is 13.0. The molecule has 0 aliphatic carbocycles. The fourth-order valence-electron chi connectivity index (χ4n) is 2.25. The summed E-state index contributed by atoms with van der Waals surface area (Å²) in [5.41, 5.74) is 0. The molecule has 1 aromatic rings. The van der Waals surface area contributed by atoms with Gasteiger partial charge in [-0.2, -0.15) is 0 Å². The van der Waals surface area contributed by atoms with Crippen molar-refractivity contribution in [2.24, 2.45) is 5.14 Å². The fraction of sp³-hybridized carbons (Fsp3) is 0.583. The molecule has 1 aliphatic heterocycles. The number of likely N-dealkylation sites (tertiary alicyclic amines) is 1. The van der Waals surface area contributed by atoms with Gasteiger partial charge in [-0.25, -0.2) is 13.6 Å². The molecule has 0 unspecified atom stereocenters. The Hall–Kier alpha value is -1.38. The summed E-state index contributed by atoms with van der Waals surface area (Å²) in [6.07, 6.45) is 1.75. The number of rotatable bonds is 4. The van der Waals surface area contributed by atoms with Crippen LogP contribution < -0.4 is 10.5 Å². The van der Waals surface area contributed by atoms with Crippen LogP contribution in [0.25, 0.3) is 0 Å². The van der Waals surface area contributed by atoms with E-state index >= 15 is 0 Å². The Morgan fingerprint density at radius 1 is 1.45 bits per heavy atom. The van der Waals surface area contributed by atoms with Crippen molar-refractivity contribution in [3.8, 4) is 0 Å². The third-order valence-corrected chi connectivity index (χ3v) is 4.20. The highest BCUT2D eigenvalue weighted by atomic mass is 32.2. The molecule has 0 radical (unpaired) electrons. The lowest BCUT2D eigenvalue weighted by molar-refractivity contribution is -0.129. The molecule has 1 aliphatic rings. The molecule has 0 bridgehead atoms. The SMILES string of the molecule is CC(=O)N1CCC(NCc2ccc(S(N)(=O)=O)o2)CC1. The molecule has 0 spiro atoms. The highest BCUT2D eigenvalue weighted by molar-refractivity contribution is 7.89. The van der Waals surface area contributed by atoms with Gasteiger partial charge in [0.15, 0.2) is 0 Å². The summed E-state index contributed by atoms with van der Waals surface area (Å²) in [7, 11) is -3.78. The molecular formula is C12H19N3O4S. The summed E-state index contributed by atoms with van der Waals surface area (Å²) < 4.78 is 27.3. The van der Waals surface area contributed by atoms with Gasteiger partial charge in [-0.1, -0.05) is 0 Å². The first-order chi connectivity index (χ1) is 9.36. The number of amides is 1. The minimum Gasteiger partial charge on any atom is -0.447 e. The molecule has 1 amide bonds. The van der Waals surface area contributed by atoms with Crippen molar-refractivity contribution < 1.29 is 17.6 Å². The van der Waals surface area contributed by atoms with Crippen LogP contribution in [0.2, 0.25) is 0 Å². The van der Waals surface area contributed by atoms with E-state index in [1.165, 1.54) is 6.07 Å². The molecule has 1 saturated heterocycles. The van der Waals surface area contributed by atoms with Crippen LogP contribution in [0.15, 0.2) is 21.6 Å². The zero-order valence-corrected chi connectivity index (χ0v) is 12.1. The van der Waals surface area contributed by atoms with Gasteiger partial charge in [0.05, 0.1) is 6.54 Å². The van der Waals surface area contributed by atoms with E-state index in [1.807, 2.05) is 4.90 Å². The second-order valence-corrected chi connectivity index (χ2v) is 6.42. The van der Waals surface area contributed by atoms with Gasteiger partial charge in [-0.3, -0.25) is 4.79 Å². The number of furan rings is 1. The molecule has 112 valence electrons. The van der Waals surface area contributed by atoms with E-state index in [0.29, 0.717) is 18.3 Å². The number of nitrogens with two attached hydrogens (primary N) is 1. The Bertz CT molecular complexity index is 573. The Balaban J connectivity index is 1.82. The predicted octanol–water partition coefficient (Wildman–Crippen LogP) is 0.0275. The molecule has 2 rings (SSSR count). The van der Waals surface area contributed by atoms with Crippen LogP contribution in [0.1, 0.15) is 25.5 Å². The summed E-state index contributed by atoms with van der Waals surface area (Å²) in [5.74, 6) is 0.635. The lowest BCUT2D eigenvalue weighted by atomic mass is 10.1. The third-order valence-electron chi connectivity index (χ3n) is 3.42. The van der Waals surface area contributed by atoms with Crippen LogP contribution in [-0.2, 0) is 21.4 Å². The number of carbonyl (C=O) groups excluding carboxylic acids is 1. The van der Waals surface area contributed by atoms with E-state index in [9.17, 15) is 13.2 Å². The van der Waals surface area contributed by atoms with E-state index < -0.39 is 10.0 Å². The average Bonchev–Trinajstić information content (AvgIpc) is 2.85. The second kappa shape index (κ2) is 5.94. The Kier molecular flexibility index (Phi) is 4.46. The summed E-state index contributed by atoms with van der Waals surface area (Å²) in [5, 5.41) is 8.05.